The number of thiazole rings is 1. The molecule has 146 valence electrons. The van der Waals surface area contributed by atoms with Crippen molar-refractivity contribution in [1.29, 1.82) is 0 Å². The van der Waals surface area contributed by atoms with E-state index in [2.05, 4.69) is 4.99 Å². The molecule has 2 bridgehead atoms. The number of carbonyl (C=O) groups excluding carboxylic acids is 1. The van der Waals surface area contributed by atoms with Gasteiger partial charge in [-0.2, -0.15) is 0 Å². The van der Waals surface area contributed by atoms with Crippen molar-refractivity contribution in [2.24, 2.45) is 16.6 Å². The van der Waals surface area contributed by atoms with E-state index in [-0.39, 0.29) is 5.56 Å². The number of amides is 1. The summed E-state index contributed by atoms with van der Waals surface area (Å²) in [5.41, 5.74) is 5.10. The minimum Gasteiger partial charge on any atom is -0.465 e. The lowest BCUT2D eigenvalue weighted by atomic mass is 9.81. The molecule has 8 heteroatoms. The fraction of sp³-hybridized carbons (Fsp3) is 0.190. The highest BCUT2D eigenvalue weighted by Gasteiger charge is 2.54. The van der Waals surface area contributed by atoms with Gasteiger partial charge in [0.05, 0.1) is 16.8 Å². The predicted molar refractivity (Wildman–Crippen MR) is 108 cm³/mol. The second-order valence-corrected chi connectivity index (χ2v) is 8.11. The largest absolute Gasteiger partial charge is 0.465 e. The molecule has 4 heterocycles. The van der Waals surface area contributed by atoms with Crippen LogP contribution < -0.4 is 25.4 Å². The van der Waals surface area contributed by atoms with Crippen LogP contribution in [0.3, 0.4) is 0 Å². The molecular formula is C21H17N3O4S. The van der Waals surface area contributed by atoms with Crippen LogP contribution in [0.2, 0.25) is 0 Å². The summed E-state index contributed by atoms with van der Waals surface area (Å²) < 4.78 is 13.4. The molecule has 0 saturated carbocycles. The Hall–Kier alpha value is -3.39. The Morgan fingerprint density at radius 3 is 2.90 bits per heavy atom. The van der Waals surface area contributed by atoms with E-state index in [1.54, 1.807) is 42.0 Å². The van der Waals surface area contributed by atoms with Gasteiger partial charge in [-0.25, -0.2) is 4.99 Å². The summed E-state index contributed by atoms with van der Waals surface area (Å²) in [7, 11) is 0. The van der Waals surface area contributed by atoms with E-state index in [1.165, 1.54) is 11.3 Å². The summed E-state index contributed by atoms with van der Waals surface area (Å²) >= 11 is 1.26. The number of hydrogen-bond donors (Lipinski definition) is 1. The highest BCUT2D eigenvalue weighted by molar-refractivity contribution is 7.07. The van der Waals surface area contributed by atoms with E-state index in [1.807, 2.05) is 30.3 Å². The molecule has 5 rings (SSSR count). The Kier molecular flexibility index (Phi) is 3.85. The smallest absolute Gasteiger partial charge is 0.270 e. The minimum atomic E-state index is -1.16. The van der Waals surface area contributed by atoms with Gasteiger partial charge >= 0.3 is 0 Å². The third-order valence-corrected chi connectivity index (χ3v) is 6.24. The normalized spacial score (nSPS) is 25.2. The van der Waals surface area contributed by atoms with Gasteiger partial charge in [0.15, 0.2) is 4.80 Å². The van der Waals surface area contributed by atoms with Crippen LogP contribution in [0.1, 0.15) is 24.3 Å². The number of nitrogens with two attached hydrogens (primary N) is 1. The van der Waals surface area contributed by atoms with E-state index < -0.39 is 23.6 Å². The van der Waals surface area contributed by atoms with Gasteiger partial charge in [-0.1, -0.05) is 35.6 Å². The summed E-state index contributed by atoms with van der Waals surface area (Å²) in [6.45, 7) is 1.74. The lowest BCUT2D eigenvalue weighted by molar-refractivity contribution is -0.133. The first-order valence-corrected chi connectivity index (χ1v) is 9.90. The van der Waals surface area contributed by atoms with Crippen LogP contribution in [-0.4, -0.2) is 16.2 Å². The zero-order valence-electron chi connectivity index (χ0n) is 15.4. The molecule has 1 amide bonds. The fourth-order valence-corrected chi connectivity index (χ4v) is 5.06. The number of furan rings is 1. The zero-order chi connectivity index (χ0) is 20.2. The molecule has 0 aliphatic carbocycles. The second-order valence-electron chi connectivity index (χ2n) is 7.10. The van der Waals surface area contributed by atoms with E-state index >= 15 is 0 Å². The summed E-state index contributed by atoms with van der Waals surface area (Å²) in [5.74, 6) is -0.0495. The van der Waals surface area contributed by atoms with Gasteiger partial charge in [-0.3, -0.25) is 14.2 Å². The first kappa shape index (κ1) is 17.7. The van der Waals surface area contributed by atoms with Gasteiger partial charge in [0.25, 0.3) is 5.56 Å². The van der Waals surface area contributed by atoms with E-state index in [9.17, 15) is 9.59 Å². The lowest BCUT2D eigenvalue weighted by Gasteiger charge is -2.44. The second kappa shape index (κ2) is 6.31. The molecule has 0 fully saturated rings. The van der Waals surface area contributed by atoms with Crippen molar-refractivity contribution in [1.82, 2.24) is 4.57 Å². The number of hydrogen-bond acceptors (Lipinski definition) is 6. The van der Waals surface area contributed by atoms with Crippen LogP contribution in [0.5, 0.6) is 5.75 Å². The maximum absolute atomic E-state index is 13.2. The number of fused-ring (bicyclic) bond motifs is 6. The van der Waals surface area contributed by atoms with Crippen LogP contribution >= 0.6 is 11.3 Å². The monoisotopic (exact) mass is 407 g/mol. The van der Waals surface area contributed by atoms with E-state index in [0.717, 1.165) is 5.56 Å². The van der Waals surface area contributed by atoms with Gasteiger partial charge < -0.3 is 14.9 Å². The van der Waals surface area contributed by atoms with Crippen molar-refractivity contribution in [2.75, 3.05) is 0 Å². The number of nitrogens with zero attached hydrogens (tertiary/aromatic N) is 2. The van der Waals surface area contributed by atoms with Crippen molar-refractivity contribution in [3.8, 4) is 5.75 Å². The van der Waals surface area contributed by atoms with Gasteiger partial charge in [0.2, 0.25) is 11.6 Å². The predicted octanol–water partition coefficient (Wildman–Crippen LogP) is 1.43. The summed E-state index contributed by atoms with van der Waals surface area (Å²) in [4.78, 5) is 30.7. The summed E-state index contributed by atoms with van der Waals surface area (Å²) in [6, 6.07) is 10.4. The molecule has 2 aliphatic heterocycles. The maximum atomic E-state index is 13.2. The molecule has 2 N–H and O–H groups in total. The Labute approximate surface area is 169 Å². The molecule has 0 spiro atoms. The number of benzene rings is 1. The fourth-order valence-electron chi connectivity index (χ4n) is 4.01. The molecule has 2 aromatic heterocycles. The first-order chi connectivity index (χ1) is 14.0. The zero-order valence-corrected chi connectivity index (χ0v) is 16.3. The number of primary amides is 1. The Bertz CT molecular complexity index is 1320. The van der Waals surface area contributed by atoms with Crippen LogP contribution in [0.4, 0.5) is 0 Å². The first-order valence-electron chi connectivity index (χ1n) is 9.08. The SMILES string of the molecule is C[C@]12N=c3s/c(=C\C=C\c4ccco4)c(=O)n3[C@H](c3ccccc3O1)[C@@H]2C(N)=O. The van der Waals surface area contributed by atoms with Crippen molar-refractivity contribution >= 4 is 29.4 Å². The molecule has 1 aromatic carbocycles. The number of rotatable bonds is 3. The average Bonchev–Trinajstić information content (AvgIpc) is 3.29. The Morgan fingerprint density at radius 2 is 2.14 bits per heavy atom. The molecule has 0 unspecified atom stereocenters. The van der Waals surface area contributed by atoms with Gasteiger partial charge in [-0.15, -0.1) is 0 Å². The maximum Gasteiger partial charge on any atom is 0.270 e. The molecule has 3 atom stereocenters. The number of ether oxygens (including phenoxy) is 1. The van der Waals surface area contributed by atoms with Crippen LogP contribution in [0.15, 0.2) is 62.9 Å². The topological polar surface area (TPSA) is 99.8 Å². The third-order valence-electron chi connectivity index (χ3n) is 5.24. The molecule has 0 radical (unpaired) electrons. The molecular weight excluding hydrogens is 390 g/mol. The highest BCUT2D eigenvalue weighted by Crippen LogP contribution is 2.46. The minimum absolute atomic E-state index is 0.215. The molecule has 2 aliphatic rings. The van der Waals surface area contributed by atoms with Crippen LogP contribution in [-0.2, 0) is 4.79 Å². The lowest BCUT2D eigenvalue weighted by Crippen LogP contribution is -2.59. The average molecular weight is 407 g/mol. The summed E-state index contributed by atoms with van der Waals surface area (Å²) in [6.07, 6.45) is 6.82. The van der Waals surface area contributed by atoms with Crippen molar-refractivity contribution < 1.29 is 13.9 Å². The standard InChI is InChI=1S/C21H17N3O4S/c1-21-16(18(22)25)17(13-8-2-3-9-14(13)28-21)24-19(26)15(29-20(24)23-21)10-4-6-12-7-5-11-27-12/h2-11,16-17H,1H3,(H2,22,25)/b6-4+,15-10-/t16-,17-,21+/m1/s1. The Morgan fingerprint density at radius 1 is 1.31 bits per heavy atom. The van der Waals surface area contributed by atoms with Crippen molar-refractivity contribution in [2.45, 2.75) is 18.7 Å². The number of allylic oxidation sites excluding steroid dienone is 1. The quantitative estimate of drug-likeness (QED) is 0.710. The van der Waals surface area contributed by atoms with E-state index in [0.29, 0.717) is 20.8 Å². The molecule has 29 heavy (non-hydrogen) atoms. The third kappa shape index (κ3) is 2.67. The Balaban J connectivity index is 1.72. The van der Waals surface area contributed by atoms with Crippen LogP contribution in [0.25, 0.3) is 12.2 Å². The van der Waals surface area contributed by atoms with Gasteiger partial charge in [0.1, 0.15) is 17.4 Å². The summed E-state index contributed by atoms with van der Waals surface area (Å²) in [5, 5.41) is 0. The molecule has 3 aromatic rings. The molecule has 7 nitrogen and oxygen atoms in total. The van der Waals surface area contributed by atoms with Gasteiger partial charge in [-0.05, 0) is 37.3 Å². The van der Waals surface area contributed by atoms with E-state index in [4.69, 9.17) is 14.9 Å². The van der Waals surface area contributed by atoms with Crippen molar-refractivity contribution in [3.63, 3.8) is 0 Å². The highest BCUT2D eigenvalue weighted by atomic mass is 32.1. The number of para-hydroxylation sites is 1. The van der Waals surface area contributed by atoms with Crippen LogP contribution in [0, 0.1) is 5.92 Å². The number of aromatic nitrogens is 1. The van der Waals surface area contributed by atoms with Gasteiger partial charge in [0, 0.05) is 5.56 Å². The number of carbonyl (C=O) groups is 1. The molecule has 0 saturated heterocycles. The van der Waals surface area contributed by atoms with Crippen molar-refractivity contribution in [3.05, 3.63) is 79.7 Å².